The van der Waals surface area contributed by atoms with Gasteiger partial charge < -0.3 is 5.11 Å². The van der Waals surface area contributed by atoms with Crippen molar-refractivity contribution in [2.45, 2.75) is 25.7 Å². The number of hydrogen-bond donors (Lipinski definition) is 1. The third kappa shape index (κ3) is 2.89. The van der Waals surface area contributed by atoms with E-state index in [1.807, 2.05) is 0 Å². The minimum Gasteiger partial charge on any atom is -0.481 e. The van der Waals surface area contributed by atoms with E-state index in [1.54, 1.807) is 0 Å². The van der Waals surface area contributed by atoms with Crippen LogP contribution in [0.4, 0.5) is 0 Å². The molecule has 1 fully saturated rings. The molecule has 1 aliphatic rings. The van der Waals surface area contributed by atoms with Crippen LogP contribution in [0.2, 0.25) is 0 Å². The molecule has 0 aromatic rings. The second-order valence-corrected chi connectivity index (χ2v) is 2.32. The smallest absolute Gasteiger partial charge is 0.306 e. The van der Waals surface area contributed by atoms with Gasteiger partial charge in [0.1, 0.15) is 0 Å². The Morgan fingerprint density at radius 1 is 1.33 bits per heavy atom. The van der Waals surface area contributed by atoms with Gasteiger partial charge in [-0.05, 0) is 12.8 Å². The Labute approximate surface area is 85.5 Å². The Balaban J connectivity index is 0.000000640. The predicted molar refractivity (Wildman–Crippen MR) is 29.6 cm³/mol. The van der Waals surface area contributed by atoms with E-state index >= 15 is 0 Å². The molecule has 1 N–H and O–H groups in total. The molecule has 1 aliphatic carbocycles. The van der Waals surface area contributed by atoms with Crippen molar-refractivity contribution >= 4 is 5.97 Å². The maximum absolute atomic E-state index is 10.2. The molecule has 1 saturated carbocycles. The van der Waals surface area contributed by atoms with Gasteiger partial charge in [0.05, 0.1) is 5.92 Å². The third-order valence-electron chi connectivity index (χ3n) is 1.70. The van der Waals surface area contributed by atoms with E-state index in [0.717, 1.165) is 25.7 Å². The second-order valence-electron chi connectivity index (χ2n) is 2.32. The van der Waals surface area contributed by atoms with Gasteiger partial charge in [-0.15, -0.1) is 0 Å². The van der Waals surface area contributed by atoms with E-state index in [9.17, 15) is 4.79 Å². The summed E-state index contributed by atoms with van der Waals surface area (Å²) in [5, 5.41) is 8.41. The van der Waals surface area contributed by atoms with Crippen LogP contribution in [-0.4, -0.2) is 11.1 Å². The molecule has 0 amide bonds. The van der Waals surface area contributed by atoms with Crippen LogP contribution in [0, 0.1) is 44.5 Å². The number of carboxylic acids is 1. The summed E-state index contributed by atoms with van der Waals surface area (Å²) in [5.41, 5.74) is 0. The molecule has 0 aromatic heterocycles. The van der Waals surface area contributed by atoms with Gasteiger partial charge in [0, 0.05) is 38.6 Å². The first-order chi connectivity index (χ1) is 3.80. The molecule has 0 aliphatic heterocycles. The fourth-order valence-electron chi connectivity index (χ4n) is 1.17. The van der Waals surface area contributed by atoms with Crippen LogP contribution in [0.15, 0.2) is 0 Å². The minimum atomic E-state index is -0.609. The first kappa shape index (κ1) is 9.76. The van der Waals surface area contributed by atoms with E-state index in [0.29, 0.717) is 0 Å². The second kappa shape index (κ2) is 4.55. The summed E-state index contributed by atoms with van der Waals surface area (Å²) < 4.78 is 0. The Morgan fingerprint density at radius 2 is 1.78 bits per heavy atom. The minimum absolute atomic E-state index is 0. The molecule has 0 atom stereocenters. The molecule has 55 valence electrons. The molecule has 1 rings (SSSR count). The molecule has 9 heavy (non-hydrogen) atoms. The third-order valence-corrected chi connectivity index (χ3v) is 1.70. The number of hydrogen-bond acceptors (Lipinski definition) is 1. The fourth-order valence-corrected chi connectivity index (χ4v) is 1.17. The van der Waals surface area contributed by atoms with Gasteiger partial charge in [0.2, 0.25) is 0 Å². The van der Waals surface area contributed by atoms with Gasteiger partial charge >= 0.3 is 5.97 Å². The van der Waals surface area contributed by atoms with Crippen molar-refractivity contribution in [1.29, 1.82) is 0 Å². The van der Waals surface area contributed by atoms with Crippen molar-refractivity contribution in [3.63, 3.8) is 0 Å². The summed E-state index contributed by atoms with van der Waals surface area (Å²) in [4.78, 5) is 10.2. The van der Waals surface area contributed by atoms with Crippen molar-refractivity contribution in [3.05, 3.63) is 0 Å². The van der Waals surface area contributed by atoms with Gasteiger partial charge in [-0.25, -0.2) is 0 Å². The average Bonchev–Trinajstić information content (AvgIpc) is 2.12. The predicted octanol–water partition coefficient (Wildman–Crippen LogP) is 1.26. The monoisotopic (exact) mass is 273 g/mol. The normalized spacial score (nSPS) is 19.1. The first-order valence-electron chi connectivity index (χ1n) is 3.03. The summed E-state index contributed by atoms with van der Waals surface area (Å²) in [6.07, 6.45) is 4.01. The molecular formula is C6H10O2Tb. The van der Waals surface area contributed by atoms with Gasteiger partial charge in [-0.1, -0.05) is 12.8 Å². The first-order valence-corrected chi connectivity index (χ1v) is 3.03. The zero-order valence-electron chi connectivity index (χ0n) is 5.09. The maximum atomic E-state index is 10.2. The quantitative estimate of drug-likeness (QED) is 0.781. The zero-order chi connectivity index (χ0) is 5.98. The van der Waals surface area contributed by atoms with Crippen molar-refractivity contribution < 1.29 is 48.5 Å². The van der Waals surface area contributed by atoms with Crippen molar-refractivity contribution in [1.82, 2.24) is 0 Å². The molecule has 0 aromatic carbocycles. The molecular weight excluding hydrogens is 263 g/mol. The zero-order valence-corrected chi connectivity index (χ0v) is 7.23. The fraction of sp³-hybridized carbons (Fsp3) is 0.833. The largest absolute Gasteiger partial charge is 0.481 e. The SMILES string of the molecule is O=C(O)C1CCCC1.[Tb]. The molecule has 0 heterocycles. The van der Waals surface area contributed by atoms with Gasteiger partial charge in [0.25, 0.3) is 0 Å². The molecule has 0 spiro atoms. The maximum Gasteiger partial charge on any atom is 0.306 e. The van der Waals surface area contributed by atoms with E-state index in [2.05, 4.69) is 0 Å². The molecule has 0 saturated heterocycles. The summed E-state index contributed by atoms with van der Waals surface area (Å²) in [6.45, 7) is 0. The molecule has 0 bridgehead atoms. The summed E-state index contributed by atoms with van der Waals surface area (Å²) in [7, 11) is 0. The standard InChI is InChI=1S/C6H10O2.Tb/c7-6(8)5-3-1-2-4-5;/h5H,1-4H2,(H,7,8);. The van der Waals surface area contributed by atoms with Gasteiger partial charge in [-0.3, -0.25) is 4.79 Å². The average molecular weight is 273 g/mol. The van der Waals surface area contributed by atoms with E-state index < -0.39 is 5.97 Å². The van der Waals surface area contributed by atoms with Crippen LogP contribution in [0.3, 0.4) is 0 Å². The Kier molecular flexibility index (Phi) is 4.93. The van der Waals surface area contributed by atoms with Crippen LogP contribution in [-0.2, 0) is 4.79 Å². The number of aliphatic carboxylic acids is 1. The van der Waals surface area contributed by atoms with Gasteiger partial charge in [-0.2, -0.15) is 0 Å². The summed E-state index contributed by atoms with van der Waals surface area (Å²) in [5.74, 6) is -0.627. The van der Waals surface area contributed by atoms with Crippen LogP contribution in [0.5, 0.6) is 0 Å². The molecule has 0 unspecified atom stereocenters. The van der Waals surface area contributed by atoms with Crippen LogP contribution < -0.4 is 0 Å². The number of rotatable bonds is 1. The van der Waals surface area contributed by atoms with Crippen LogP contribution >= 0.6 is 0 Å². The molecule has 3 heteroatoms. The topological polar surface area (TPSA) is 37.3 Å². The van der Waals surface area contributed by atoms with Crippen molar-refractivity contribution in [3.8, 4) is 0 Å². The van der Waals surface area contributed by atoms with Crippen molar-refractivity contribution in [2.24, 2.45) is 5.92 Å². The van der Waals surface area contributed by atoms with Crippen LogP contribution in [0.1, 0.15) is 25.7 Å². The number of carbonyl (C=O) groups is 1. The van der Waals surface area contributed by atoms with E-state index in [4.69, 9.17) is 5.11 Å². The summed E-state index contributed by atoms with van der Waals surface area (Å²) >= 11 is 0. The van der Waals surface area contributed by atoms with Crippen LogP contribution in [0.25, 0.3) is 0 Å². The Morgan fingerprint density at radius 3 is 2.00 bits per heavy atom. The number of carboxylic acid groups (broad SMARTS) is 1. The Bertz CT molecular complexity index is 97.2. The van der Waals surface area contributed by atoms with Crippen molar-refractivity contribution in [2.75, 3.05) is 0 Å². The molecule has 2 nitrogen and oxygen atoms in total. The Hall–Kier alpha value is 0.756. The van der Waals surface area contributed by atoms with E-state index in [1.165, 1.54) is 0 Å². The van der Waals surface area contributed by atoms with Gasteiger partial charge in [0.15, 0.2) is 0 Å². The summed E-state index contributed by atoms with van der Waals surface area (Å²) in [6, 6.07) is 0. The van der Waals surface area contributed by atoms with E-state index in [-0.39, 0.29) is 44.5 Å². The molecule has 1 radical (unpaired) electrons.